The summed E-state index contributed by atoms with van der Waals surface area (Å²) in [7, 11) is 0. The molecule has 2 heterocycles. The number of aromatic nitrogens is 2. The Morgan fingerprint density at radius 3 is 2.26 bits per heavy atom. The molecule has 0 bridgehead atoms. The van der Waals surface area contributed by atoms with Gasteiger partial charge in [0.05, 0.1) is 10.7 Å². The van der Waals surface area contributed by atoms with Crippen molar-refractivity contribution in [2.75, 3.05) is 10.6 Å². The summed E-state index contributed by atoms with van der Waals surface area (Å²) in [5.74, 6) is -1.18. The van der Waals surface area contributed by atoms with Crippen LogP contribution in [0.25, 0.3) is 17.3 Å². The molecule has 0 saturated carbocycles. The summed E-state index contributed by atoms with van der Waals surface area (Å²) in [6.07, 6.45) is 4.78. The van der Waals surface area contributed by atoms with Crippen molar-refractivity contribution in [1.29, 1.82) is 0 Å². The highest BCUT2D eigenvalue weighted by Gasteiger charge is 2.24. The van der Waals surface area contributed by atoms with E-state index in [0.29, 0.717) is 43.2 Å². The average Bonchev–Trinajstić information content (AvgIpc) is 3.60. The first-order valence-corrected chi connectivity index (χ1v) is 17.7. The molecule has 0 fully saturated rings. The van der Waals surface area contributed by atoms with Crippen LogP contribution in [0.1, 0.15) is 26.7 Å². The zero-order chi connectivity index (χ0) is 34.9. The second-order valence-corrected chi connectivity index (χ2v) is 13.6. The number of hydrogen-bond acceptors (Lipinski definition) is 7. The molecule has 0 radical (unpaired) electrons. The van der Waals surface area contributed by atoms with Crippen molar-refractivity contribution < 1.29 is 14.4 Å². The van der Waals surface area contributed by atoms with Gasteiger partial charge in [-0.25, -0.2) is 4.98 Å². The molecular formula is C38H27Cl2N5O3S2. The lowest BCUT2D eigenvalue weighted by molar-refractivity contribution is -0.116. The SMILES string of the molecule is O=C(Nc1ccc(SC(C(=O)Nc2nc(-c3ccc(Cl)cc3Cl)cs2)c2ccccc2)cc1)/C(=C/c1cccnc1)NC(=O)c1ccccc1. The molecule has 0 aliphatic heterocycles. The highest BCUT2D eigenvalue weighted by Crippen LogP contribution is 2.38. The van der Waals surface area contributed by atoms with Crippen molar-refractivity contribution >= 4 is 80.9 Å². The Balaban J connectivity index is 1.16. The maximum absolute atomic E-state index is 13.7. The molecule has 50 heavy (non-hydrogen) atoms. The van der Waals surface area contributed by atoms with E-state index in [1.54, 1.807) is 85.2 Å². The fraction of sp³-hybridized carbons (Fsp3) is 0.0263. The van der Waals surface area contributed by atoms with E-state index in [1.807, 2.05) is 53.9 Å². The lowest BCUT2D eigenvalue weighted by Gasteiger charge is -2.17. The van der Waals surface area contributed by atoms with Gasteiger partial charge in [0.15, 0.2) is 5.13 Å². The van der Waals surface area contributed by atoms with E-state index >= 15 is 0 Å². The number of benzene rings is 4. The van der Waals surface area contributed by atoms with Gasteiger partial charge in [-0.1, -0.05) is 77.8 Å². The van der Waals surface area contributed by atoms with Gasteiger partial charge in [0.2, 0.25) is 5.91 Å². The summed E-state index contributed by atoms with van der Waals surface area (Å²) in [5, 5.41) is 11.2. The van der Waals surface area contributed by atoms with Gasteiger partial charge >= 0.3 is 0 Å². The third-order valence-electron chi connectivity index (χ3n) is 7.17. The molecule has 12 heteroatoms. The number of amides is 3. The van der Waals surface area contributed by atoms with E-state index in [-0.39, 0.29) is 11.6 Å². The molecule has 6 rings (SSSR count). The average molecular weight is 737 g/mol. The molecule has 3 amide bonds. The molecule has 1 unspecified atom stereocenters. The van der Waals surface area contributed by atoms with E-state index in [1.165, 1.54) is 23.1 Å². The lowest BCUT2D eigenvalue weighted by atomic mass is 10.1. The van der Waals surface area contributed by atoms with Crippen molar-refractivity contribution in [3.8, 4) is 11.3 Å². The number of thiazole rings is 1. The monoisotopic (exact) mass is 735 g/mol. The Bertz CT molecular complexity index is 2150. The lowest BCUT2D eigenvalue weighted by Crippen LogP contribution is -2.30. The standard InChI is InChI=1S/C38H27Cl2N5O3S2/c39-27-13-18-30(31(40)21-27)33-23-49-38(44-33)45-37(48)34(25-9-3-1-4-10-25)50-29-16-14-28(15-17-29)42-36(47)32(20-24-8-7-19-41-22-24)43-35(46)26-11-5-2-6-12-26/h1-23,34H,(H,42,47)(H,43,46)(H,44,45,48)/b32-20-. The number of anilines is 2. The Labute approximate surface area is 306 Å². The Morgan fingerprint density at radius 2 is 1.56 bits per heavy atom. The van der Waals surface area contributed by atoms with Gasteiger partial charge in [-0.05, 0) is 77.9 Å². The van der Waals surface area contributed by atoms with Crippen LogP contribution in [0.3, 0.4) is 0 Å². The zero-order valence-electron chi connectivity index (χ0n) is 26.0. The molecule has 0 aliphatic carbocycles. The van der Waals surface area contributed by atoms with Crippen molar-refractivity contribution in [1.82, 2.24) is 15.3 Å². The second-order valence-electron chi connectivity index (χ2n) is 10.7. The number of rotatable bonds is 11. The molecule has 1 atom stereocenters. The number of carbonyl (C=O) groups is 3. The van der Waals surface area contributed by atoms with Crippen LogP contribution in [0, 0.1) is 0 Å². The molecule has 248 valence electrons. The largest absolute Gasteiger partial charge is 0.321 e. The molecule has 0 aliphatic rings. The molecule has 3 N–H and O–H groups in total. The van der Waals surface area contributed by atoms with E-state index in [2.05, 4.69) is 25.9 Å². The molecule has 8 nitrogen and oxygen atoms in total. The van der Waals surface area contributed by atoms with Crippen LogP contribution in [0.2, 0.25) is 10.0 Å². The summed E-state index contributed by atoms with van der Waals surface area (Å²) < 4.78 is 0. The van der Waals surface area contributed by atoms with E-state index in [9.17, 15) is 14.4 Å². The van der Waals surface area contributed by atoms with Crippen molar-refractivity contribution in [3.63, 3.8) is 0 Å². The number of pyridine rings is 1. The predicted octanol–water partition coefficient (Wildman–Crippen LogP) is 9.39. The maximum atomic E-state index is 13.7. The van der Waals surface area contributed by atoms with Gasteiger partial charge in [-0.15, -0.1) is 23.1 Å². The van der Waals surface area contributed by atoms with E-state index in [4.69, 9.17) is 23.2 Å². The topological polar surface area (TPSA) is 113 Å². The van der Waals surface area contributed by atoms with Crippen LogP contribution in [0.4, 0.5) is 10.8 Å². The van der Waals surface area contributed by atoms with Gasteiger partial charge in [0.25, 0.3) is 11.8 Å². The Kier molecular flexibility index (Phi) is 11.4. The number of halogens is 2. The Hall–Kier alpha value is -5.26. The van der Waals surface area contributed by atoms with E-state index in [0.717, 1.165) is 10.5 Å². The maximum Gasteiger partial charge on any atom is 0.272 e. The Morgan fingerprint density at radius 1 is 0.820 bits per heavy atom. The zero-order valence-corrected chi connectivity index (χ0v) is 29.2. The minimum atomic E-state index is -0.606. The smallest absolute Gasteiger partial charge is 0.272 e. The third-order valence-corrected chi connectivity index (χ3v) is 9.74. The van der Waals surface area contributed by atoms with Crippen LogP contribution in [-0.4, -0.2) is 27.7 Å². The molecule has 0 spiro atoms. The van der Waals surface area contributed by atoms with Crippen molar-refractivity contribution in [3.05, 3.63) is 165 Å². The summed E-state index contributed by atoms with van der Waals surface area (Å²) in [4.78, 5) is 49.5. The minimum Gasteiger partial charge on any atom is -0.321 e. The van der Waals surface area contributed by atoms with Gasteiger partial charge in [0, 0.05) is 44.5 Å². The fourth-order valence-corrected chi connectivity index (χ4v) is 6.99. The molecule has 4 aromatic carbocycles. The molecular weight excluding hydrogens is 709 g/mol. The number of hydrogen-bond donors (Lipinski definition) is 3. The first kappa shape index (κ1) is 34.6. The summed E-state index contributed by atoms with van der Waals surface area (Å²) in [6.45, 7) is 0. The van der Waals surface area contributed by atoms with Gasteiger partial charge < -0.3 is 16.0 Å². The first-order valence-electron chi connectivity index (χ1n) is 15.2. The van der Waals surface area contributed by atoms with Crippen molar-refractivity contribution in [2.45, 2.75) is 10.1 Å². The number of nitrogens with zero attached hydrogens (tertiary/aromatic N) is 2. The van der Waals surface area contributed by atoms with Crippen LogP contribution in [-0.2, 0) is 9.59 Å². The van der Waals surface area contributed by atoms with Gasteiger partial charge in [-0.2, -0.15) is 0 Å². The van der Waals surface area contributed by atoms with Crippen LogP contribution < -0.4 is 16.0 Å². The quantitative estimate of drug-likeness (QED) is 0.0903. The van der Waals surface area contributed by atoms with Gasteiger partial charge in [-0.3, -0.25) is 19.4 Å². The van der Waals surface area contributed by atoms with Crippen molar-refractivity contribution in [2.24, 2.45) is 0 Å². The highest BCUT2D eigenvalue weighted by molar-refractivity contribution is 8.00. The number of thioether (sulfide) groups is 1. The van der Waals surface area contributed by atoms with Crippen LogP contribution >= 0.6 is 46.3 Å². The summed E-state index contributed by atoms with van der Waals surface area (Å²) >= 11 is 15.1. The van der Waals surface area contributed by atoms with Crippen LogP contribution in [0.15, 0.2) is 144 Å². The molecule has 2 aromatic heterocycles. The predicted molar refractivity (Wildman–Crippen MR) is 202 cm³/mol. The highest BCUT2D eigenvalue weighted by atomic mass is 35.5. The summed E-state index contributed by atoms with van der Waals surface area (Å²) in [5.41, 5.74) is 3.77. The number of nitrogens with one attached hydrogen (secondary N) is 3. The number of carbonyl (C=O) groups excluding carboxylic acids is 3. The normalized spacial score (nSPS) is 11.8. The minimum absolute atomic E-state index is 0.0507. The molecule has 6 aromatic rings. The van der Waals surface area contributed by atoms with Gasteiger partial charge in [0.1, 0.15) is 10.9 Å². The first-order chi connectivity index (χ1) is 24.3. The fourth-order valence-electron chi connectivity index (χ4n) is 4.75. The summed E-state index contributed by atoms with van der Waals surface area (Å²) in [6, 6.07) is 33.9. The van der Waals surface area contributed by atoms with E-state index < -0.39 is 17.1 Å². The second kappa shape index (κ2) is 16.4. The van der Waals surface area contributed by atoms with Crippen LogP contribution in [0.5, 0.6) is 0 Å². The third kappa shape index (κ3) is 9.04. The molecule has 0 saturated heterocycles.